The Hall–Kier alpha value is -5.22. The van der Waals surface area contributed by atoms with Crippen LogP contribution in [0.2, 0.25) is 0 Å². The first kappa shape index (κ1) is 42.5. The third-order valence-electron chi connectivity index (χ3n) is 9.81. The van der Waals surface area contributed by atoms with E-state index in [1.54, 1.807) is 42.1 Å². The molecule has 1 saturated heterocycles. The number of hydrazine groups is 2. The number of hydrogen-bond acceptors (Lipinski definition) is 9. The zero-order valence-corrected chi connectivity index (χ0v) is 33.5. The average molecular weight is 758 g/mol. The van der Waals surface area contributed by atoms with E-state index in [-0.39, 0.29) is 36.3 Å². The van der Waals surface area contributed by atoms with Gasteiger partial charge < -0.3 is 34.9 Å². The normalized spacial score (nSPS) is 16.6. The van der Waals surface area contributed by atoms with Crippen LogP contribution in [0.5, 0.6) is 11.5 Å². The molecule has 2 aliphatic rings. The zero-order valence-electron chi connectivity index (χ0n) is 33.5. The Balaban J connectivity index is 1.26. The Labute approximate surface area is 326 Å². The Kier molecular flexibility index (Phi) is 15.8. The van der Waals surface area contributed by atoms with Crippen LogP contribution in [0.4, 0.5) is 0 Å². The number of para-hydroxylation sites is 1. The lowest BCUT2D eigenvalue weighted by molar-refractivity contribution is -0.139. The molecule has 2 aromatic rings. The third kappa shape index (κ3) is 12.1. The van der Waals surface area contributed by atoms with E-state index < -0.39 is 12.1 Å². The van der Waals surface area contributed by atoms with Gasteiger partial charge in [0.25, 0.3) is 5.91 Å². The maximum Gasteiger partial charge on any atom is 0.255 e. The number of nitrogens with zero attached hydrogens (tertiary/aromatic N) is 5. The van der Waals surface area contributed by atoms with Gasteiger partial charge in [-0.1, -0.05) is 57.9 Å². The van der Waals surface area contributed by atoms with Crippen LogP contribution in [-0.2, 0) is 20.8 Å². The first-order valence-corrected chi connectivity index (χ1v) is 19.2. The fourth-order valence-corrected chi connectivity index (χ4v) is 6.75. The van der Waals surface area contributed by atoms with Crippen molar-refractivity contribution in [3.63, 3.8) is 0 Å². The molecule has 13 heteroatoms. The summed E-state index contributed by atoms with van der Waals surface area (Å²) in [6.45, 7) is 10.4. The summed E-state index contributed by atoms with van der Waals surface area (Å²) in [7, 11) is 5.32. The van der Waals surface area contributed by atoms with Crippen molar-refractivity contribution in [1.29, 1.82) is 0 Å². The summed E-state index contributed by atoms with van der Waals surface area (Å²) >= 11 is 0. The van der Waals surface area contributed by atoms with Crippen molar-refractivity contribution in [2.45, 2.75) is 77.9 Å². The van der Waals surface area contributed by atoms with Crippen LogP contribution in [0.3, 0.4) is 0 Å². The lowest BCUT2D eigenvalue weighted by Gasteiger charge is -2.29. The van der Waals surface area contributed by atoms with Gasteiger partial charge in [0.15, 0.2) is 0 Å². The van der Waals surface area contributed by atoms with Crippen molar-refractivity contribution in [3.8, 4) is 23.8 Å². The quantitative estimate of drug-likeness (QED) is 0.153. The van der Waals surface area contributed by atoms with Crippen LogP contribution in [0.25, 0.3) is 0 Å². The molecular weight excluding hydrogens is 699 g/mol. The molecule has 2 aliphatic heterocycles. The SMILES string of the molecule is C#C[C@@H]1CCCN1C(=O)[C@@H](CC(C)C)NC(=O)c1ccccc1OCC1=CN(CCOc2ccc(CCN(C)C(=O)[C@H](CC(C)C)N(C)C=O)cc2)N(C)N1. The molecule has 0 aromatic heterocycles. The van der Waals surface area contributed by atoms with Gasteiger partial charge in [-0.2, -0.15) is 0 Å². The molecular formula is C42H59N7O6. The minimum atomic E-state index is -0.689. The molecule has 2 aromatic carbocycles. The number of carbonyl (C=O) groups is 4. The van der Waals surface area contributed by atoms with Gasteiger partial charge in [-0.05, 0) is 73.8 Å². The molecule has 55 heavy (non-hydrogen) atoms. The number of rotatable bonds is 20. The summed E-state index contributed by atoms with van der Waals surface area (Å²) in [5.41, 5.74) is 5.49. The number of benzene rings is 2. The minimum Gasteiger partial charge on any atom is -0.492 e. The van der Waals surface area contributed by atoms with Crippen molar-refractivity contribution in [2.24, 2.45) is 11.8 Å². The number of likely N-dealkylation sites (tertiary alicyclic amines) is 1. The van der Waals surface area contributed by atoms with Crippen LogP contribution in [0.15, 0.2) is 60.4 Å². The molecule has 3 atom stereocenters. The molecule has 4 rings (SSSR count). The highest BCUT2D eigenvalue weighted by atomic mass is 16.5. The fourth-order valence-electron chi connectivity index (χ4n) is 6.75. The van der Waals surface area contributed by atoms with Crippen molar-refractivity contribution < 1.29 is 28.7 Å². The Morgan fingerprint density at radius 3 is 2.42 bits per heavy atom. The fraction of sp³-hybridized carbons (Fsp3) is 0.524. The average Bonchev–Trinajstić information content (AvgIpc) is 3.80. The molecule has 4 amide bonds. The molecule has 0 aliphatic carbocycles. The second-order valence-electron chi connectivity index (χ2n) is 15.2. The van der Waals surface area contributed by atoms with Gasteiger partial charge in [0, 0.05) is 40.4 Å². The summed E-state index contributed by atoms with van der Waals surface area (Å²) in [6.07, 6.45) is 11.8. The predicted molar refractivity (Wildman–Crippen MR) is 212 cm³/mol. The summed E-state index contributed by atoms with van der Waals surface area (Å²) in [4.78, 5) is 56.3. The van der Waals surface area contributed by atoms with Gasteiger partial charge >= 0.3 is 0 Å². The summed E-state index contributed by atoms with van der Waals surface area (Å²) in [5.74, 6) is 3.77. The second kappa shape index (κ2) is 20.5. The number of likely N-dealkylation sites (N-methyl/N-ethyl adjacent to an activating group) is 2. The van der Waals surface area contributed by atoms with Gasteiger partial charge in [0.1, 0.15) is 36.8 Å². The van der Waals surface area contributed by atoms with Crippen molar-refractivity contribution in [1.82, 2.24) is 35.6 Å². The molecule has 0 unspecified atom stereocenters. The molecule has 2 N–H and O–H groups in total. The Bertz CT molecular complexity index is 1670. The molecule has 0 bridgehead atoms. The third-order valence-corrected chi connectivity index (χ3v) is 9.81. The first-order valence-electron chi connectivity index (χ1n) is 19.2. The maximum absolute atomic E-state index is 13.6. The maximum atomic E-state index is 13.6. The van der Waals surface area contributed by atoms with Crippen LogP contribution in [0.1, 0.15) is 69.3 Å². The first-order chi connectivity index (χ1) is 26.3. The van der Waals surface area contributed by atoms with E-state index >= 15 is 0 Å². The topological polar surface area (TPSA) is 127 Å². The molecule has 2 heterocycles. The number of carbonyl (C=O) groups excluding carboxylic acids is 4. The van der Waals surface area contributed by atoms with Gasteiger partial charge in [-0.3, -0.25) is 24.2 Å². The molecule has 1 fully saturated rings. The molecule has 0 radical (unpaired) electrons. The number of nitrogens with one attached hydrogen (secondary N) is 2. The largest absolute Gasteiger partial charge is 0.492 e. The van der Waals surface area contributed by atoms with E-state index in [9.17, 15) is 19.2 Å². The predicted octanol–water partition coefficient (Wildman–Crippen LogP) is 3.93. The monoisotopic (exact) mass is 757 g/mol. The number of hydrogen-bond donors (Lipinski definition) is 2. The smallest absolute Gasteiger partial charge is 0.255 e. The van der Waals surface area contributed by atoms with E-state index in [0.717, 1.165) is 29.9 Å². The Morgan fingerprint density at radius 2 is 1.75 bits per heavy atom. The van der Waals surface area contributed by atoms with Crippen molar-refractivity contribution >= 4 is 24.1 Å². The number of terminal acetylenes is 1. The lowest BCUT2D eigenvalue weighted by atomic mass is 10.0. The van der Waals surface area contributed by atoms with Crippen LogP contribution in [-0.4, -0.2) is 121 Å². The van der Waals surface area contributed by atoms with Crippen LogP contribution in [0, 0.1) is 24.2 Å². The van der Waals surface area contributed by atoms with E-state index in [0.29, 0.717) is 69.1 Å². The summed E-state index contributed by atoms with van der Waals surface area (Å²) in [5, 5.41) is 6.78. The molecule has 13 nitrogen and oxygen atoms in total. The second-order valence-corrected chi connectivity index (χ2v) is 15.2. The van der Waals surface area contributed by atoms with E-state index in [1.165, 1.54) is 4.90 Å². The van der Waals surface area contributed by atoms with Gasteiger partial charge in [0.2, 0.25) is 18.2 Å². The van der Waals surface area contributed by atoms with Gasteiger partial charge in [0.05, 0.1) is 23.8 Å². The highest BCUT2D eigenvalue weighted by Gasteiger charge is 2.34. The van der Waals surface area contributed by atoms with Crippen LogP contribution >= 0.6 is 0 Å². The molecule has 0 saturated carbocycles. The van der Waals surface area contributed by atoms with E-state index in [1.807, 2.05) is 81.4 Å². The number of ether oxygens (including phenoxy) is 2. The van der Waals surface area contributed by atoms with E-state index in [4.69, 9.17) is 15.9 Å². The van der Waals surface area contributed by atoms with Crippen LogP contribution < -0.4 is 20.2 Å². The van der Waals surface area contributed by atoms with Crippen molar-refractivity contribution in [2.75, 3.05) is 54.0 Å². The van der Waals surface area contributed by atoms with E-state index in [2.05, 4.69) is 16.7 Å². The number of amides is 4. The molecule has 0 spiro atoms. The minimum absolute atomic E-state index is 0.0571. The van der Waals surface area contributed by atoms with Gasteiger partial charge in [-0.15, -0.1) is 11.5 Å². The van der Waals surface area contributed by atoms with Gasteiger partial charge in [-0.25, -0.2) is 0 Å². The lowest BCUT2D eigenvalue weighted by Crippen LogP contribution is -2.50. The zero-order chi connectivity index (χ0) is 40.1. The highest BCUT2D eigenvalue weighted by Crippen LogP contribution is 2.23. The summed E-state index contributed by atoms with van der Waals surface area (Å²) < 4.78 is 12.2. The Morgan fingerprint density at radius 1 is 1.04 bits per heavy atom. The van der Waals surface area contributed by atoms with Crippen molar-refractivity contribution in [3.05, 3.63) is 71.6 Å². The standard InChI is InChI=1S/C42H59N7O6/c1-9-34-13-12-21-49(34)41(52)37(25-30(2)3)43-40(51)36-14-10-11-15-39(36)55-28-33-27-48(47(8)44-33)23-24-54-35-18-16-32(17-19-35)20-22-45(6)42(53)38(26-31(4)5)46(7)29-50/h1,10-11,14-19,27,29-31,34,37-38,44H,12-13,20-26,28H2,2-8H3,(H,43,51)/t34-,37-,38+/m1/s1. The highest BCUT2D eigenvalue weighted by molar-refractivity contribution is 5.99. The molecule has 298 valence electrons. The summed E-state index contributed by atoms with van der Waals surface area (Å²) in [6, 6.07) is 13.5.